The van der Waals surface area contributed by atoms with Crippen LogP contribution in [-0.4, -0.2) is 24.3 Å². The van der Waals surface area contributed by atoms with Gasteiger partial charge in [0.05, 0.1) is 6.54 Å². The van der Waals surface area contributed by atoms with Crippen molar-refractivity contribution >= 4 is 11.7 Å². The highest BCUT2D eigenvalue weighted by atomic mass is 16.2. The van der Waals surface area contributed by atoms with Gasteiger partial charge < -0.3 is 11.1 Å². The lowest BCUT2D eigenvalue weighted by atomic mass is 10.1. The summed E-state index contributed by atoms with van der Waals surface area (Å²) in [5, 5.41) is 2.55. The van der Waals surface area contributed by atoms with E-state index in [1.165, 1.54) is 6.92 Å². The Kier molecular flexibility index (Phi) is 4.84. The number of nitrogens with two attached hydrogens (primary N) is 1. The van der Waals surface area contributed by atoms with E-state index in [0.717, 1.165) is 12.0 Å². The van der Waals surface area contributed by atoms with Gasteiger partial charge >= 0.3 is 0 Å². The van der Waals surface area contributed by atoms with Crippen LogP contribution in [0.4, 0.5) is 0 Å². The standard InChI is InChI=1S/C13H18N2O2/c1-9(14)7-11-3-5-12(6-4-11)13(17)15-8-10(2)16/h3-6,9H,7-8,14H2,1-2H3,(H,15,17). The first-order valence-electron chi connectivity index (χ1n) is 5.61. The van der Waals surface area contributed by atoms with Gasteiger partial charge in [0.15, 0.2) is 0 Å². The highest BCUT2D eigenvalue weighted by molar-refractivity contribution is 5.96. The number of hydrogen-bond donors (Lipinski definition) is 2. The van der Waals surface area contributed by atoms with Crippen molar-refractivity contribution in [1.82, 2.24) is 5.32 Å². The molecule has 0 aliphatic carbocycles. The predicted molar refractivity (Wildman–Crippen MR) is 66.8 cm³/mol. The second-order valence-corrected chi connectivity index (χ2v) is 4.26. The first kappa shape index (κ1) is 13.4. The second kappa shape index (κ2) is 6.15. The van der Waals surface area contributed by atoms with Crippen LogP contribution in [0.25, 0.3) is 0 Å². The van der Waals surface area contributed by atoms with E-state index in [1.807, 2.05) is 19.1 Å². The monoisotopic (exact) mass is 234 g/mol. The van der Waals surface area contributed by atoms with Gasteiger partial charge in [0, 0.05) is 11.6 Å². The number of ketones is 1. The Bertz CT molecular complexity index is 396. The van der Waals surface area contributed by atoms with Gasteiger partial charge in [0.25, 0.3) is 5.91 Å². The van der Waals surface area contributed by atoms with Crippen LogP contribution in [0.3, 0.4) is 0 Å². The van der Waals surface area contributed by atoms with Crippen molar-refractivity contribution in [3.05, 3.63) is 35.4 Å². The minimum atomic E-state index is -0.229. The lowest BCUT2D eigenvalue weighted by Crippen LogP contribution is -2.28. The SMILES string of the molecule is CC(=O)CNC(=O)c1ccc(CC(C)N)cc1. The molecule has 1 rings (SSSR count). The van der Waals surface area contributed by atoms with E-state index in [9.17, 15) is 9.59 Å². The summed E-state index contributed by atoms with van der Waals surface area (Å²) in [6, 6.07) is 7.35. The molecular weight excluding hydrogens is 216 g/mol. The fourth-order valence-corrected chi connectivity index (χ4v) is 1.47. The Morgan fingerprint density at radius 3 is 2.35 bits per heavy atom. The van der Waals surface area contributed by atoms with Crippen molar-refractivity contribution in [3.63, 3.8) is 0 Å². The van der Waals surface area contributed by atoms with Gasteiger partial charge in [0.2, 0.25) is 0 Å². The van der Waals surface area contributed by atoms with Gasteiger partial charge in [-0.2, -0.15) is 0 Å². The molecule has 4 heteroatoms. The zero-order chi connectivity index (χ0) is 12.8. The van der Waals surface area contributed by atoms with Crippen LogP contribution < -0.4 is 11.1 Å². The lowest BCUT2D eigenvalue weighted by Gasteiger charge is -2.06. The Balaban J connectivity index is 2.60. The molecule has 0 saturated carbocycles. The molecule has 3 N–H and O–H groups in total. The number of nitrogens with one attached hydrogen (secondary N) is 1. The third kappa shape index (κ3) is 4.78. The van der Waals surface area contributed by atoms with Crippen LogP contribution >= 0.6 is 0 Å². The highest BCUT2D eigenvalue weighted by Crippen LogP contribution is 2.06. The summed E-state index contributed by atoms with van der Waals surface area (Å²) in [5.41, 5.74) is 7.34. The van der Waals surface area contributed by atoms with Crippen LogP contribution in [0.5, 0.6) is 0 Å². The molecule has 1 unspecified atom stereocenters. The van der Waals surface area contributed by atoms with Crippen LogP contribution in [0, 0.1) is 0 Å². The van der Waals surface area contributed by atoms with Gasteiger partial charge in [0.1, 0.15) is 5.78 Å². The van der Waals surface area contributed by atoms with E-state index in [2.05, 4.69) is 5.32 Å². The van der Waals surface area contributed by atoms with Crippen LogP contribution in [0.2, 0.25) is 0 Å². The predicted octanol–water partition coefficient (Wildman–Crippen LogP) is 0.895. The molecular formula is C13H18N2O2. The highest BCUT2D eigenvalue weighted by Gasteiger charge is 2.06. The Morgan fingerprint density at radius 1 is 1.29 bits per heavy atom. The third-order valence-corrected chi connectivity index (χ3v) is 2.27. The molecule has 92 valence electrons. The van der Waals surface area contributed by atoms with Crippen molar-refractivity contribution in [3.8, 4) is 0 Å². The van der Waals surface area contributed by atoms with E-state index in [1.54, 1.807) is 12.1 Å². The molecule has 0 radical (unpaired) electrons. The largest absolute Gasteiger partial charge is 0.345 e. The van der Waals surface area contributed by atoms with Crippen LogP contribution in [-0.2, 0) is 11.2 Å². The Morgan fingerprint density at radius 2 is 1.88 bits per heavy atom. The number of carbonyl (C=O) groups is 2. The zero-order valence-corrected chi connectivity index (χ0v) is 10.2. The molecule has 0 bridgehead atoms. The van der Waals surface area contributed by atoms with Gasteiger partial charge in [-0.25, -0.2) is 0 Å². The van der Waals surface area contributed by atoms with Crippen LogP contribution in [0.1, 0.15) is 29.8 Å². The number of rotatable bonds is 5. The Hall–Kier alpha value is -1.68. The number of hydrogen-bond acceptors (Lipinski definition) is 3. The van der Waals surface area contributed by atoms with Crippen molar-refractivity contribution in [2.24, 2.45) is 5.73 Å². The molecule has 0 aliphatic heterocycles. The van der Waals surface area contributed by atoms with Gasteiger partial charge in [-0.05, 0) is 38.0 Å². The smallest absolute Gasteiger partial charge is 0.251 e. The summed E-state index contributed by atoms with van der Waals surface area (Å²) in [6.07, 6.45) is 0.787. The molecule has 4 nitrogen and oxygen atoms in total. The topological polar surface area (TPSA) is 72.2 Å². The zero-order valence-electron chi connectivity index (χ0n) is 10.2. The lowest BCUT2D eigenvalue weighted by molar-refractivity contribution is -0.116. The van der Waals surface area contributed by atoms with Crippen molar-refractivity contribution < 1.29 is 9.59 Å². The molecule has 1 aromatic carbocycles. The molecule has 17 heavy (non-hydrogen) atoms. The summed E-state index contributed by atoms with van der Waals surface area (Å²) < 4.78 is 0. The van der Waals surface area contributed by atoms with E-state index >= 15 is 0 Å². The van der Waals surface area contributed by atoms with Crippen molar-refractivity contribution in [1.29, 1.82) is 0 Å². The number of carbonyl (C=O) groups excluding carboxylic acids is 2. The molecule has 0 heterocycles. The molecule has 0 saturated heterocycles. The molecule has 0 spiro atoms. The average Bonchev–Trinajstić information content (AvgIpc) is 2.26. The summed E-state index contributed by atoms with van der Waals surface area (Å²) >= 11 is 0. The van der Waals surface area contributed by atoms with Crippen molar-refractivity contribution in [2.75, 3.05) is 6.54 Å². The summed E-state index contributed by atoms with van der Waals surface area (Å²) in [7, 11) is 0. The molecule has 1 aromatic rings. The average molecular weight is 234 g/mol. The molecule has 1 amide bonds. The summed E-state index contributed by atoms with van der Waals surface area (Å²) in [6.45, 7) is 3.44. The first-order chi connectivity index (χ1) is 7.99. The van der Waals surface area contributed by atoms with Gasteiger partial charge in [-0.1, -0.05) is 12.1 Å². The second-order valence-electron chi connectivity index (χ2n) is 4.26. The van der Waals surface area contributed by atoms with E-state index in [0.29, 0.717) is 5.56 Å². The molecule has 0 fully saturated rings. The maximum atomic E-state index is 11.6. The molecule has 1 atom stereocenters. The van der Waals surface area contributed by atoms with E-state index < -0.39 is 0 Å². The minimum absolute atomic E-state index is 0.0630. The fourth-order valence-electron chi connectivity index (χ4n) is 1.47. The molecule has 0 aromatic heterocycles. The van der Waals surface area contributed by atoms with E-state index in [4.69, 9.17) is 5.73 Å². The van der Waals surface area contributed by atoms with Crippen molar-refractivity contribution in [2.45, 2.75) is 26.3 Å². The normalized spacial score (nSPS) is 11.9. The summed E-state index contributed by atoms with van der Waals surface area (Å²) in [4.78, 5) is 22.3. The van der Waals surface area contributed by atoms with Gasteiger partial charge in [-0.15, -0.1) is 0 Å². The maximum Gasteiger partial charge on any atom is 0.251 e. The number of amides is 1. The number of benzene rings is 1. The van der Waals surface area contributed by atoms with Gasteiger partial charge in [-0.3, -0.25) is 9.59 Å². The first-order valence-corrected chi connectivity index (χ1v) is 5.61. The third-order valence-electron chi connectivity index (χ3n) is 2.27. The van der Waals surface area contributed by atoms with Crippen LogP contribution in [0.15, 0.2) is 24.3 Å². The quantitative estimate of drug-likeness (QED) is 0.795. The summed E-state index contributed by atoms with van der Waals surface area (Å²) in [5.74, 6) is -0.292. The number of Topliss-reactive ketones (excluding diaryl/α,β-unsaturated/α-hetero) is 1. The van der Waals surface area contributed by atoms with E-state index in [-0.39, 0.29) is 24.3 Å². The maximum absolute atomic E-state index is 11.6. The fraction of sp³-hybridized carbons (Fsp3) is 0.385. The minimum Gasteiger partial charge on any atom is -0.345 e. The molecule has 0 aliphatic rings. The Labute approximate surface area is 101 Å².